The number of aromatic hydroxyl groups is 1. The maximum Gasteiger partial charge on any atom is 0.254 e. The summed E-state index contributed by atoms with van der Waals surface area (Å²) >= 11 is 1.60. The first-order chi connectivity index (χ1) is 36.7. The van der Waals surface area contributed by atoms with Crippen molar-refractivity contribution in [2.45, 2.75) is 140 Å². The lowest BCUT2D eigenvalue weighted by Gasteiger charge is -2.52. The molecule has 0 unspecified atom stereocenters. The van der Waals surface area contributed by atoms with Gasteiger partial charge in [-0.1, -0.05) is 50.2 Å². The van der Waals surface area contributed by atoms with E-state index >= 15 is 0 Å². The normalized spacial score (nSPS) is 26.0. The molecule has 2 aliphatic carbocycles. The topological polar surface area (TPSA) is 218 Å². The zero-order chi connectivity index (χ0) is 52.7. The number of amides is 2. The second-order valence-corrected chi connectivity index (χ2v) is 23.6. The molecule has 76 heavy (non-hydrogen) atoms. The Morgan fingerprint density at radius 1 is 0.934 bits per heavy atom. The summed E-state index contributed by atoms with van der Waals surface area (Å²) in [5.41, 5.74) is 13.1. The van der Waals surface area contributed by atoms with Crippen LogP contribution in [0.3, 0.4) is 0 Å². The van der Waals surface area contributed by atoms with Crippen molar-refractivity contribution in [2.24, 2.45) is 11.8 Å². The van der Waals surface area contributed by atoms with Gasteiger partial charge in [0.15, 0.2) is 11.6 Å². The molecule has 0 radical (unpaired) electrons. The van der Waals surface area contributed by atoms with Crippen molar-refractivity contribution < 1.29 is 38.5 Å². The number of thiazole rings is 1. The quantitative estimate of drug-likeness (QED) is 0.0784. The Hall–Kier alpha value is -5.70. The number of ether oxygens (including phenoxy) is 3. The summed E-state index contributed by atoms with van der Waals surface area (Å²) in [5.74, 6) is 0.451. The Morgan fingerprint density at radius 3 is 2.42 bits per heavy atom. The number of anilines is 2. The van der Waals surface area contributed by atoms with E-state index in [1.807, 2.05) is 75.7 Å². The highest BCUT2D eigenvalue weighted by atomic mass is 32.1. The van der Waals surface area contributed by atoms with Crippen LogP contribution in [-0.2, 0) is 19.1 Å². The molecule has 18 nitrogen and oxygen atoms in total. The predicted molar refractivity (Wildman–Crippen MR) is 289 cm³/mol. The number of nitrogens with two attached hydrogens (primary N) is 1. The molecule has 406 valence electrons. The minimum Gasteiger partial charge on any atom is -0.507 e. The number of aromatic nitrogens is 4. The van der Waals surface area contributed by atoms with Crippen LogP contribution in [0.25, 0.3) is 21.7 Å². The van der Waals surface area contributed by atoms with Crippen LogP contribution in [0.5, 0.6) is 11.6 Å². The molecule has 4 atom stereocenters. The fraction of sp³-hybridized carbons (Fsp3) is 0.579. The van der Waals surface area contributed by atoms with E-state index in [1.54, 1.807) is 29.5 Å². The number of likely N-dealkylation sites (tertiary alicyclic amines) is 2. The minimum atomic E-state index is -0.815. The summed E-state index contributed by atoms with van der Waals surface area (Å²) in [6, 6.07) is 18.3. The molecule has 6 fully saturated rings. The number of nitrogens with one attached hydrogen (secondary N) is 1. The molecule has 2 aromatic carbocycles. The average molecular weight is 1060 g/mol. The molecular formula is C57H74N10O8S. The first-order valence-electron chi connectivity index (χ1n) is 27.6. The second kappa shape index (κ2) is 22.3. The number of hydrogen-bond donors (Lipinski definition) is 4. The summed E-state index contributed by atoms with van der Waals surface area (Å²) in [7, 11) is 0. The van der Waals surface area contributed by atoms with Gasteiger partial charge in [-0.2, -0.15) is 0 Å². The van der Waals surface area contributed by atoms with Crippen LogP contribution >= 0.6 is 11.3 Å². The number of nitrogen functional groups attached to an aromatic ring is 1. The number of hydrogen-bond acceptors (Lipinski definition) is 17. The number of piperidine rings is 2. The van der Waals surface area contributed by atoms with E-state index in [0.29, 0.717) is 52.9 Å². The second-order valence-electron chi connectivity index (χ2n) is 22.8. The number of benzene rings is 2. The van der Waals surface area contributed by atoms with Gasteiger partial charge in [-0.25, -0.2) is 4.98 Å². The Morgan fingerprint density at radius 2 is 1.70 bits per heavy atom. The number of carbonyl (C=O) groups is 2. The van der Waals surface area contributed by atoms with Gasteiger partial charge in [0.25, 0.3) is 5.88 Å². The third-order valence-electron chi connectivity index (χ3n) is 17.2. The van der Waals surface area contributed by atoms with Crippen molar-refractivity contribution in [3.8, 4) is 33.3 Å². The Bertz CT molecular complexity index is 2800. The molecule has 19 heteroatoms. The maximum absolute atomic E-state index is 14.3. The molecular weight excluding hydrogens is 985 g/mol. The van der Waals surface area contributed by atoms with Crippen LogP contribution in [0.2, 0.25) is 0 Å². The average Bonchev–Trinajstić information content (AvgIpc) is 4.15. The lowest BCUT2D eigenvalue weighted by molar-refractivity contribution is -0.159. The van der Waals surface area contributed by atoms with Crippen LogP contribution in [0, 0.1) is 18.8 Å². The van der Waals surface area contributed by atoms with E-state index < -0.39 is 18.1 Å². The number of morpholine rings is 1. The Kier molecular flexibility index (Phi) is 15.4. The summed E-state index contributed by atoms with van der Waals surface area (Å²) < 4.78 is 25.3. The van der Waals surface area contributed by atoms with Gasteiger partial charge in [-0.15, -0.1) is 21.5 Å². The molecule has 0 bridgehead atoms. The highest BCUT2D eigenvalue weighted by Crippen LogP contribution is 2.41. The van der Waals surface area contributed by atoms with E-state index in [4.69, 9.17) is 24.5 Å². The van der Waals surface area contributed by atoms with Gasteiger partial charge in [0, 0.05) is 76.5 Å². The first-order valence-corrected chi connectivity index (χ1v) is 28.5. The fourth-order valence-electron chi connectivity index (χ4n) is 12.6. The number of β-amino-alcohol motifs (C(OH)–C–C–N with tert-alkyl or cyclic N) is 1. The smallest absolute Gasteiger partial charge is 0.254 e. The van der Waals surface area contributed by atoms with E-state index in [-0.39, 0.29) is 54.2 Å². The van der Waals surface area contributed by atoms with Gasteiger partial charge < -0.3 is 54.7 Å². The van der Waals surface area contributed by atoms with Crippen molar-refractivity contribution >= 4 is 34.7 Å². The number of aliphatic hydroxyl groups is 1. The third kappa shape index (κ3) is 11.3. The summed E-state index contributed by atoms with van der Waals surface area (Å²) in [6.07, 6.45) is 7.96. The van der Waals surface area contributed by atoms with Gasteiger partial charge in [0.1, 0.15) is 23.8 Å². The van der Waals surface area contributed by atoms with Gasteiger partial charge in [0.05, 0.1) is 64.0 Å². The Balaban J connectivity index is 0.586. The van der Waals surface area contributed by atoms with Crippen LogP contribution < -0.4 is 20.7 Å². The molecule has 2 saturated carbocycles. The molecule has 5 N–H and O–H groups in total. The van der Waals surface area contributed by atoms with E-state index in [1.165, 1.54) is 4.90 Å². The highest BCUT2D eigenvalue weighted by Gasteiger charge is 2.46. The van der Waals surface area contributed by atoms with Gasteiger partial charge in [-0.3, -0.25) is 14.5 Å². The number of phenols is 1. The molecule has 4 saturated heterocycles. The molecule has 3 aromatic heterocycles. The first kappa shape index (κ1) is 52.4. The zero-order valence-electron chi connectivity index (χ0n) is 44.3. The number of rotatable bonds is 16. The third-order valence-corrected chi connectivity index (χ3v) is 18.1. The molecule has 7 heterocycles. The van der Waals surface area contributed by atoms with Crippen molar-refractivity contribution in [3.63, 3.8) is 0 Å². The number of aryl methyl sites for hydroxylation is 1. The maximum atomic E-state index is 14.3. The van der Waals surface area contributed by atoms with Gasteiger partial charge >= 0.3 is 0 Å². The van der Waals surface area contributed by atoms with Crippen molar-refractivity contribution in [1.29, 1.82) is 0 Å². The summed E-state index contributed by atoms with van der Waals surface area (Å²) in [4.78, 5) is 42.5. The minimum absolute atomic E-state index is 0.0316. The zero-order valence-corrected chi connectivity index (χ0v) is 45.1. The fourth-order valence-corrected chi connectivity index (χ4v) is 13.4. The van der Waals surface area contributed by atoms with Crippen LogP contribution in [0.4, 0.5) is 11.5 Å². The molecule has 6 aliphatic rings. The SMILES string of the molecule is Cc1ncsc1-c1ccc([C@H](C)NC(=O)[C@@H]2C[C@@H](O)CN2C(=O)[C@H](c2cc(O[C@H]3C[C@H](CN4CCC(O[C@H]5C[C@H](N6CCOC7(CCN(c8cc(-c9ccccc9O)nnc8N)CC7)C6)C5)CC4)C3)no2)C(C)C)cc1. The predicted octanol–water partition coefficient (Wildman–Crippen LogP) is 6.97. The van der Waals surface area contributed by atoms with Crippen LogP contribution in [0.15, 0.2) is 70.7 Å². The van der Waals surface area contributed by atoms with Crippen LogP contribution in [-0.4, -0.2) is 158 Å². The standard InChI is InChI=1S/C57H74N10O8S/c1-34(2)52(56(71)67-31-41(68)27-48(67)55(70)60-35(3)38-9-11-39(12-10-38)53-36(4)59-33-76-53)50-29-51(63-75-50)74-43-23-37(24-43)30-64-17-13-42(14-18-64)73-44-25-40(26-44)66-21-22-72-57(32-66)15-19-65(20-16-57)47-28-46(61-62-54(47)58)45-7-5-6-8-49(45)69/h5-12,28-29,33-35,37,40-44,48,52,68-69H,13-27,30-32H2,1-4H3,(H2,58,62)(H,60,70)/t35-,37-,40-,41+,43-,44-,48-,52-/m0/s1. The van der Waals surface area contributed by atoms with E-state index in [9.17, 15) is 19.8 Å². The van der Waals surface area contributed by atoms with Gasteiger partial charge in [0.2, 0.25) is 11.8 Å². The molecule has 4 aliphatic heterocycles. The Labute approximate surface area is 449 Å². The van der Waals surface area contributed by atoms with Crippen molar-refractivity contribution in [1.82, 2.24) is 40.4 Å². The van der Waals surface area contributed by atoms with Crippen LogP contribution in [0.1, 0.15) is 108 Å². The number of aliphatic hydroxyl groups excluding tert-OH is 1. The number of nitrogens with zero attached hydrogens (tertiary/aromatic N) is 8. The molecule has 11 rings (SSSR count). The van der Waals surface area contributed by atoms with Crippen molar-refractivity contribution in [2.75, 3.05) is 69.6 Å². The monoisotopic (exact) mass is 1060 g/mol. The molecule has 2 amide bonds. The van der Waals surface area contributed by atoms with Gasteiger partial charge in [-0.05, 0) is 112 Å². The highest BCUT2D eigenvalue weighted by molar-refractivity contribution is 7.13. The molecule has 1 spiro atoms. The van der Waals surface area contributed by atoms with E-state index in [0.717, 1.165) is 131 Å². The summed E-state index contributed by atoms with van der Waals surface area (Å²) in [5, 5.41) is 37.0. The lowest BCUT2D eigenvalue weighted by Crippen LogP contribution is -2.61. The number of para-hydroxylation sites is 1. The van der Waals surface area contributed by atoms with E-state index in [2.05, 4.69) is 40.4 Å². The lowest BCUT2D eigenvalue weighted by atomic mass is 9.81. The number of phenolic OH excluding ortho intramolecular Hbond substituents is 1. The largest absolute Gasteiger partial charge is 0.507 e. The summed E-state index contributed by atoms with van der Waals surface area (Å²) in [6.45, 7) is 15.3. The van der Waals surface area contributed by atoms with Crippen molar-refractivity contribution in [3.05, 3.63) is 83.2 Å². The molecule has 5 aromatic rings. The number of carbonyl (C=O) groups excluding carboxylic acids is 2.